The molecule has 0 aliphatic heterocycles. The van der Waals surface area contributed by atoms with Crippen molar-refractivity contribution in [2.75, 3.05) is 12.5 Å². The summed E-state index contributed by atoms with van der Waals surface area (Å²) in [6, 6.07) is 7.76. The van der Waals surface area contributed by atoms with Crippen LogP contribution < -0.4 is 4.52 Å². The van der Waals surface area contributed by atoms with Gasteiger partial charge in [0.1, 0.15) is 0 Å². The molecule has 7 nitrogen and oxygen atoms in total. The van der Waals surface area contributed by atoms with Crippen molar-refractivity contribution in [3.63, 3.8) is 0 Å². The fourth-order valence-electron chi connectivity index (χ4n) is 1.04. The summed E-state index contributed by atoms with van der Waals surface area (Å²) in [5.41, 5.74) is 0. The molecule has 0 amide bonds. The number of rotatable bonds is 6. The van der Waals surface area contributed by atoms with E-state index in [-0.39, 0.29) is 5.75 Å². The number of sulfone groups is 1. The summed E-state index contributed by atoms with van der Waals surface area (Å²) >= 11 is 0. The van der Waals surface area contributed by atoms with Crippen LogP contribution in [0, 0.1) is 0 Å². The molecule has 0 aliphatic carbocycles. The summed E-state index contributed by atoms with van der Waals surface area (Å²) in [7, 11) is -11.0. The van der Waals surface area contributed by atoms with Crippen LogP contribution in [0.4, 0.5) is 0 Å². The van der Waals surface area contributed by atoms with Gasteiger partial charge in [-0.2, -0.15) is 8.42 Å². The van der Waals surface area contributed by atoms with E-state index in [1.807, 2.05) is 0 Å². The fraction of sp³-hybridized carbons (Fsp3) is 0.333. The molecular weight excluding hydrogens is 315 g/mol. The highest BCUT2D eigenvalue weighted by Gasteiger charge is 2.47. The number of hydrogen-bond acceptors (Lipinski definition) is 7. The van der Waals surface area contributed by atoms with Crippen LogP contribution in [0.15, 0.2) is 30.3 Å². The molecule has 2 unspecified atom stereocenters. The highest BCUT2D eigenvalue weighted by Crippen LogP contribution is 2.36. The minimum absolute atomic E-state index is 0.148. The Labute approximate surface area is 112 Å². The molecule has 0 saturated heterocycles. The molecule has 2 atom stereocenters. The molecule has 19 heavy (non-hydrogen) atoms. The monoisotopic (exact) mass is 327 g/mol. The minimum atomic E-state index is -4.09. The quantitative estimate of drug-likeness (QED) is 0.569. The third-order valence-electron chi connectivity index (χ3n) is 1.73. The predicted octanol–water partition coefficient (Wildman–Crippen LogP) is 1.11. The van der Waals surface area contributed by atoms with Gasteiger partial charge in [0.15, 0.2) is 5.75 Å². The summed E-state index contributed by atoms with van der Waals surface area (Å²) in [5.74, 6) is 0.148. The van der Waals surface area contributed by atoms with Crippen LogP contribution in [0.2, 0.25) is 0 Å². The zero-order chi connectivity index (χ0) is 14.7. The van der Waals surface area contributed by atoms with Gasteiger partial charge in [-0.3, -0.25) is 4.52 Å². The van der Waals surface area contributed by atoms with E-state index in [1.54, 1.807) is 18.2 Å². The lowest BCUT2D eigenvalue weighted by molar-refractivity contribution is 0.326. The topological polar surface area (TPSA) is 104 Å². The van der Waals surface area contributed by atoms with Gasteiger partial charge in [0.05, 0.1) is 6.26 Å². The number of hydrogen-bond donors (Lipinski definition) is 0. The van der Waals surface area contributed by atoms with Crippen molar-refractivity contribution < 1.29 is 30.1 Å². The molecule has 0 N–H and O–H groups in total. The molecule has 0 radical (unpaired) electrons. The van der Waals surface area contributed by atoms with Crippen molar-refractivity contribution in [1.82, 2.24) is 0 Å². The molecule has 10 heteroatoms. The maximum atomic E-state index is 11.8. The lowest BCUT2D eigenvalue weighted by Crippen LogP contribution is -2.24. The SMILES string of the molecule is CS(=O)(=O)OC([P+](=O)Oc1ccccc1)S(C)(=O)=O. The van der Waals surface area contributed by atoms with Crippen LogP contribution in [0.1, 0.15) is 0 Å². The Morgan fingerprint density at radius 1 is 1.05 bits per heavy atom. The van der Waals surface area contributed by atoms with Crippen LogP contribution in [-0.4, -0.2) is 34.5 Å². The summed E-state index contributed by atoms with van der Waals surface area (Å²) in [5, 5.41) is -2.07. The van der Waals surface area contributed by atoms with E-state index in [0.717, 1.165) is 0 Å². The van der Waals surface area contributed by atoms with Gasteiger partial charge in [0, 0.05) is 6.26 Å². The molecule has 0 bridgehead atoms. The molecule has 0 aliphatic rings. The Morgan fingerprint density at radius 2 is 1.58 bits per heavy atom. The highest BCUT2D eigenvalue weighted by molar-refractivity contribution is 7.97. The van der Waals surface area contributed by atoms with Crippen LogP contribution in [0.3, 0.4) is 0 Å². The molecule has 1 rings (SSSR count). The first-order valence-electron chi connectivity index (χ1n) is 4.86. The maximum absolute atomic E-state index is 11.8. The van der Waals surface area contributed by atoms with Crippen LogP contribution in [-0.2, 0) is 28.7 Å². The van der Waals surface area contributed by atoms with Gasteiger partial charge in [-0.15, -0.1) is 0 Å². The van der Waals surface area contributed by atoms with Gasteiger partial charge >= 0.3 is 13.2 Å². The van der Waals surface area contributed by atoms with E-state index in [1.165, 1.54) is 12.1 Å². The van der Waals surface area contributed by atoms with E-state index in [2.05, 4.69) is 4.18 Å². The molecule has 0 heterocycles. The number of benzene rings is 1. The van der Waals surface area contributed by atoms with Crippen molar-refractivity contribution >= 4 is 28.0 Å². The van der Waals surface area contributed by atoms with Crippen molar-refractivity contribution in [2.45, 2.75) is 5.18 Å². The maximum Gasteiger partial charge on any atom is 0.607 e. The first-order chi connectivity index (χ1) is 8.59. The average Bonchev–Trinajstić information content (AvgIpc) is 2.24. The predicted molar refractivity (Wildman–Crippen MR) is 69.2 cm³/mol. The molecule has 0 saturated carbocycles. The van der Waals surface area contributed by atoms with E-state index in [4.69, 9.17) is 4.52 Å². The lowest BCUT2D eigenvalue weighted by Gasteiger charge is -2.04. The molecule has 0 fully saturated rings. The Hall–Kier alpha value is -1.02. The smallest absolute Gasteiger partial charge is 0.252 e. The van der Waals surface area contributed by atoms with E-state index >= 15 is 0 Å². The Morgan fingerprint density at radius 3 is 2.00 bits per heavy atom. The van der Waals surface area contributed by atoms with E-state index < -0.39 is 33.2 Å². The first kappa shape index (κ1) is 16.0. The molecule has 1 aromatic rings. The summed E-state index contributed by atoms with van der Waals surface area (Å²) < 4.78 is 65.7. The second-order valence-corrected chi connectivity index (χ2v) is 8.89. The zero-order valence-corrected chi connectivity index (χ0v) is 12.6. The first-order valence-corrected chi connectivity index (χ1v) is 9.88. The van der Waals surface area contributed by atoms with Crippen molar-refractivity contribution in [2.24, 2.45) is 0 Å². The number of para-hydroxylation sites is 1. The third-order valence-corrected chi connectivity index (χ3v) is 5.88. The Balaban J connectivity index is 2.97. The molecule has 0 aromatic heterocycles. The largest absolute Gasteiger partial charge is 0.607 e. The standard InChI is InChI=1S/C9H12O7PS2/c1-18(11,12)9(16-19(2,13)14)17(10)15-8-6-4-3-5-7-8/h3-7,9H,1-2H3/q+1. The fourth-order valence-corrected chi connectivity index (χ4v) is 4.88. The molecule has 1 aromatic carbocycles. The second-order valence-electron chi connectivity index (χ2n) is 3.63. The van der Waals surface area contributed by atoms with Gasteiger partial charge in [0.25, 0.3) is 10.1 Å². The average molecular weight is 327 g/mol. The van der Waals surface area contributed by atoms with Crippen molar-refractivity contribution in [3.8, 4) is 5.75 Å². The van der Waals surface area contributed by atoms with Crippen molar-refractivity contribution in [1.29, 1.82) is 0 Å². The Bertz CT molecular complexity index is 651. The summed E-state index contributed by atoms with van der Waals surface area (Å²) in [6.07, 6.45) is 1.38. The molecular formula is C9H12O7PS2+. The lowest BCUT2D eigenvalue weighted by atomic mass is 10.3. The van der Waals surface area contributed by atoms with Crippen LogP contribution in [0.25, 0.3) is 0 Å². The van der Waals surface area contributed by atoms with Gasteiger partial charge in [-0.25, -0.2) is 12.6 Å². The molecule has 0 spiro atoms. The zero-order valence-electron chi connectivity index (χ0n) is 10.1. The molecule has 106 valence electrons. The minimum Gasteiger partial charge on any atom is -0.252 e. The second kappa shape index (κ2) is 5.96. The normalized spacial score (nSPS) is 14.7. The van der Waals surface area contributed by atoms with Crippen molar-refractivity contribution in [3.05, 3.63) is 30.3 Å². The van der Waals surface area contributed by atoms with Gasteiger partial charge in [-0.1, -0.05) is 18.2 Å². The third kappa shape index (κ3) is 5.65. The van der Waals surface area contributed by atoms with E-state index in [0.29, 0.717) is 12.5 Å². The van der Waals surface area contributed by atoms with Gasteiger partial charge in [0.2, 0.25) is 9.84 Å². The summed E-state index contributed by atoms with van der Waals surface area (Å²) in [6.45, 7) is 0. The summed E-state index contributed by atoms with van der Waals surface area (Å²) in [4.78, 5) is 0. The van der Waals surface area contributed by atoms with Gasteiger partial charge in [-0.05, 0) is 16.7 Å². The van der Waals surface area contributed by atoms with Crippen LogP contribution >= 0.6 is 8.03 Å². The van der Waals surface area contributed by atoms with E-state index in [9.17, 15) is 21.4 Å². The Kier molecular flexibility index (Phi) is 5.03. The van der Waals surface area contributed by atoms with Crippen LogP contribution in [0.5, 0.6) is 5.75 Å². The van der Waals surface area contributed by atoms with Gasteiger partial charge < -0.3 is 0 Å². The highest BCUT2D eigenvalue weighted by atomic mass is 32.2.